The van der Waals surface area contributed by atoms with Gasteiger partial charge in [0.15, 0.2) is 5.82 Å². The molecule has 1 unspecified atom stereocenters. The number of aromatic nitrogens is 1. The molecule has 8 N–H and O–H groups in total. The van der Waals surface area contributed by atoms with E-state index in [1.807, 2.05) is 4.90 Å². The molecule has 1 aromatic heterocycles. The lowest BCUT2D eigenvalue weighted by Gasteiger charge is -2.36. The Kier molecular flexibility index (Phi) is 9.24. The van der Waals surface area contributed by atoms with Gasteiger partial charge in [-0.05, 0) is 45.8 Å². The van der Waals surface area contributed by atoms with Crippen LogP contribution >= 0.6 is 0 Å². The van der Waals surface area contributed by atoms with Gasteiger partial charge in [-0.3, -0.25) is 25.2 Å². The molecule has 3 fully saturated rings. The van der Waals surface area contributed by atoms with E-state index in [0.29, 0.717) is 25.9 Å². The molecule has 37 heavy (non-hydrogen) atoms. The van der Waals surface area contributed by atoms with Gasteiger partial charge < -0.3 is 31.9 Å². The van der Waals surface area contributed by atoms with E-state index in [1.54, 1.807) is 0 Å². The molecular formula is C24H39F2N9O2. The monoisotopic (exact) mass is 523 g/mol. The first kappa shape index (κ1) is 27.6. The van der Waals surface area contributed by atoms with Gasteiger partial charge in [0.2, 0.25) is 11.8 Å². The van der Waals surface area contributed by atoms with Gasteiger partial charge >= 0.3 is 0 Å². The van der Waals surface area contributed by atoms with Crippen LogP contribution in [0.4, 0.5) is 20.2 Å². The Labute approximate surface area is 216 Å². The largest absolute Gasteiger partial charge is 0.367 e. The number of carbonyl (C=O) groups excluding carboxylic acids is 2. The van der Waals surface area contributed by atoms with Gasteiger partial charge in [-0.25, -0.2) is 8.78 Å². The summed E-state index contributed by atoms with van der Waals surface area (Å²) in [6.45, 7) is 3.00. The van der Waals surface area contributed by atoms with Crippen LogP contribution in [0.25, 0.3) is 0 Å². The van der Waals surface area contributed by atoms with E-state index in [2.05, 4.69) is 38.2 Å². The average molecular weight is 524 g/mol. The molecule has 3 saturated heterocycles. The summed E-state index contributed by atoms with van der Waals surface area (Å²) in [5.74, 6) is -2.12. The van der Waals surface area contributed by atoms with E-state index < -0.39 is 36.1 Å². The molecule has 11 nitrogen and oxygen atoms in total. The number of hydrogen-bond donors (Lipinski definition) is 6. The fraction of sp³-hybridized carbons (Fsp3) is 0.708. The predicted molar refractivity (Wildman–Crippen MR) is 137 cm³/mol. The Morgan fingerprint density at radius 1 is 1.08 bits per heavy atom. The summed E-state index contributed by atoms with van der Waals surface area (Å²) in [5, 5.41) is 11.7. The highest BCUT2D eigenvalue weighted by atomic mass is 19.1. The normalized spacial score (nSPS) is 25.2. The van der Waals surface area contributed by atoms with Crippen LogP contribution in [0.3, 0.4) is 0 Å². The van der Waals surface area contributed by atoms with Crippen molar-refractivity contribution >= 4 is 23.2 Å². The lowest BCUT2D eigenvalue weighted by Crippen LogP contribution is -2.64. The fourth-order valence-corrected chi connectivity index (χ4v) is 5.35. The predicted octanol–water partition coefficient (Wildman–Crippen LogP) is -0.697. The van der Waals surface area contributed by atoms with Crippen molar-refractivity contribution in [2.75, 3.05) is 56.5 Å². The third kappa shape index (κ3) is 6.90. The number of nitrogens with one attached hydrogen (secondary N) is 4. The highest BCUT2D eigenvalue weighted by Gasteiger charge is 2.36. The standard InChI is InChI=1S/C24H39F2N9O2/c1-34-6-4-16(5-7-34)32-23(36)14-2-8-35(9-3-14)20-17(26)12-29-13-18(20)33-24(37)19(21(27)28)22-30-10-15(25)11-31-22/h12-16,19,21-22,30-31H,2-11,27-28H2,1H3,(H,32,36)(H,33,37). The number of likely N-dealkylation sites (tertiary alicyclic amines) is 1. The quantitative estimate of drug-likeness (QED) is 0.255. The molecule has 1 atom stereocenters. The molecule has 4 heterocycles. The summed E-state index contributed by atoms with van der Waals surface area (Å²) in [5.41, 5.74) is 12.2. The van der Waals surface area contributed by atoms with E-state index in [0.717, 1.165) is 32.1 Å². The smallest absolute Gasteiger partial charge is 0.233 e. The molecule has 0 aliphatic carbocycles. The third-order valence-electron chi connectivity index (χ3n) is 7.57. The van der Waals surface area contributed by atoms with Crippen LogP contribution in [0.5, 0.6) is 0 Å². The molecule has 0 spiro atoms. The summed E-state index contributed by atoms with van der Waals surface area (Å²) in [6.07, 6.45) is 2.77. The molecule has 4 rings (SSSR count). The number of nitrogens with zero attached hydrogens (tertiary/aromatic N) is 3. The Morgan fingerprint density at radius 3 is 2.35 bits per heavy atom. The number of carbonyl (C=O) groups is 2. The van der Waals surface area contributed by atoms with E-state index in [1.165, 1.54) is 6.20 Å². The lowest BCUT2D eigenvalue weighted by molar-refractivity contribution is -0.126. The topological polar surface area (TPSA) is 154 Å². The van der Waals surface area contributed by atoms with Gasteiger partial charge in [0.25, 0.3) is 0 Å². The third-order valence-corrected chi connectivity index (χ3v) is 7.57. The molecule has 0 bridgehead atoms. The molecular weight excluding hydrogens is 484 g/mol. The highest BCUT2D eigenvalue weighted by molar-refractivity contribution is 5.96. The Hall–Kier alpha value is -2.45. The van der Waals surface area contributed by atoms with Crippen LogP contribution < -0.4 is 37.6 Å². The Morgan fingerprint density at radius 2 is 1.73 bits per heavy atom. The molecule has 3 aliphatic heterocycles. The molecule has 2 amide bonds. The molecule has 13 heteroatoms. The maximum absolute atomic E-state index is 15.0. The van der Waals surface area contributed by atoms with Crippen molar-refractivity contribution in [1.29, 1.82) is 0 Å². The van der Waals surface area contributed by atoms with Gasteiger partial charge in [0.1, 0.15) is 11.9 Å². The zero-order chi connectivity index (χ0) is 26.5. The minimum atomic E-state index is -1.08. The lowest BCUT2D eigenvalue weighted by atomic mass is 9.94. The minimum Gasteiger partial charge on any atom is -0.367 e. The number of pyridine rings is 1. The molecule has 0 radical (unpaired) electrons. The summed E-state index contributed by atoms with van der Waals surface area (Å²) < 4.78 is 28.5. The van der Waals surface area contributed by atoms with Gasteiger partial charge in [0.05, 0.1) is 36.3 Å². The minimum absolute atomic E-state index is 0.0562. The molecule has 0 aromatic carbocycles. The van der Waals surface area contributed by atoms with Crippen molar-refractivity contribution < 1.29 is 18.4 Å². The average Bonchev–Trinajstić information content (AvgIpc) is 2.87. The summed E-state index contributed by atoms with van der Waals surface area (Å²) in [6, 6.07) is 0.201. The van der Waals surface area contributed by atoms with E-state index >= 15 is 0 Å². The Bertz CT molecular complexity index is 929. The number of alkyl halides is 1. The highest BCUT2D eigenvalue weighted by Crippen LogP contribution is 2.32. The second kappa shape index (κ2) is 12.4. The number of anilines is 2. The fourth-order valence-electron chi connectivity index (χ4n) is 5.35. The first-order chi connectivity index (χ1) is 17.7. The summed E-state index contributed by atoms with van der Waals surface area (Å²) in [4.78, 5) is 34.0. The number of nitrogens with two attached hydrogens (primary N) is 2. The first-order valence-corrected chi connectivity index (χ1v) is 13.0. The molecule has 1 aromatic rings. The number of halogens is 2. The van der Waals surface area contributed by atoms with Crippen LogP contribution in [0, 0.1) is 17.7 Å². The van der Waals surface area contributed by atoms with Crippen molar-refractivity contribution in [3.05, 3.63) is 18.2 Å². The van der Waals surface area contributed by atoms with Crippen molar-refractivity contribution in [2.45, 2.75) is 50.2 Å². The van der Waals surface area contributed by atoms with Crippen LogP contribution in [0.1, 0.15) is 25.7 Å². The van der Waals surface area contributed by atoms with Crippen molar-refractivity contribution in [1.82, 2.24) is 25.8 Å². The summed E-state index contributed by atoms with van der Waals surface area (Å²) in [7, 11) is 2.08. The molecule has 0 saturated carbocycles. The SMILES string of the molecule is CN1CCC(NC(=O)C2CCN(c3c(F)cncc3NC(=O)C(C(N)N)C3NCC(F)CN3)CC2)CC1. The van der Waals surface area contributed by atoms with Crippen molar-refractivity contribution in [2.24, 2.45) is 23.3 Å². The molecule has 3 aliphatic rings. The zero-order valence-corrected chi connectivity index (χ0v) is 21.3. The van der Waals surface area contributed by atoms with E-state index in [-0.39, 0.29) is 42.3 Å². The molecule has 206 valence electrons. The van der Waals surface area contributed by atoms with Gasteiger partial charge in [-0.1, -0.05) is 0 Å². The van der Waals surface area contributed by atoms with Gasteiger partial charge in [-0.15, -0.1) is 0 Å². The van der Waals surface area contributed by atoms with Crippen molar-refractivity contribution in [3.8, 4) is 0 Å². The van der Waals surface area contributed by atoms with Crippen molar-refractivity contribution in [3.63, 3.8) is 0 Å². The number of rotatable bonds is 7. The van der Waals surface area contributed by atoms with Gasteiger partial charge in [-0.2, -0.15) is 0 Å². The Balaban J connectivity index is 1.38. The number of amides is 2. The second-order valence-electron chi connectivity index (χ2n) is 10.3. The maximum Gasteiger partial charge on any atom is 0.233 e. The van der Waals surface area contributed by atoms with Crippen LogP contribution in [0.2, 0.25) is 0 Å². The first-order valence-electron chi connectivity index (χ1n) is 13.0. The number of hydrogen-bond acceptors (Lipinski definition) is 9. The summed E-state index contributed by atoms with van der Waals surface area (Å²) >= 11 is 0. The zero-order valence-electron chi connectivity index (χ0n) is 21.3. The maximum atomic E-state index is 15.0. The van der Waals surface area contributed by atoms with E-state index in [9.17, 15) is 18.4 Å². The second-order valence-corrected chi connectivity index (χ2v) is 10.3. The van der Waals surface area contributed by atoms with E-state index in [4.69, 9.17) is 11.5 Å². The van der Waals surface area contributed by atoms with Crippen LogP contribution in [-0.4, -0.2) is 92.6 Å². The van der Waals surface area contributed by atoms with Crippen LogP contribution in [0.15, 0.2) is 12.4 Å². The number of piperidine rings is 2. The van der Waals surface area contributed by atoms with Gasteiger partial charge in [0, 0.05) is 38.1 Å². The van der Waals surface area contributed by atoms with Crippen LogP contribution in [-0.2, 0) is 9.59 Å².